The first kappa shape index (κ1) is 25.5. The van der Waals surface area contributed by atoms with E-state index in [2.05, 4.69) is 5.32 Å². The molecule has 0 unspecified atom stereocenters. The number of rotatable bonds is 9. The lowest BCUT2D eigenvalue weighted by molar-refractivity contribution is -0.137. The van der Waals surface area contributed by atoms with E-state index in [9.17, 15) is 26.4 Å². The third kappa shape index (κ3) is 6.13. The van der Waals surface area contributed by atoms with E-state index in [0.29, 0.717) is 15.9 Å². The fourth-order valence-corrected chi connectivity index (χ4v) is 4.66. The van der Waals surface area contributed by atoms with E-state index in [0.717, 1.165) is 12.1 Å². The Labute approximate surface area is 185 Å². The maximum atomic E-state index is 13.5. The number of benzene rings is 2. The van der Waals surface area contributed by atoms with Gasteiger partial charge in [-0.3, -0.25) is 9.10 Å². The van der Waals surface area contributed by atoms with E-state index in [1.54, 1.807) is 19.9 Å². The second-order valence-electron chi connectivity index (χ2n) is 7.14. The summed E-state index contributed by atoms with van der Waals surface area (Å²) in [5.41, 5.74) is -0.760. The van der Waals surface area contributed by atoms with E-state index in [1.807, 2.05) is 0 Å². The summed E-state index contributed by atoms with van der Waals surface area (Å²) in [4.78, 5) is 12.3. The molecule has 0 saturated carbocycles. The zero-order chi connectivity index (χ0) is 24.1. The first-order valence-electron chi connectivity index (χ1n) is 9.53. The molecule has 1 atom stereocenters. The van der Waals surface area contributed by atoms with Crippen LogP contribution in [0.4, 0.5) is 18.9 Å². The van der Waals surface area contributed by atoms with Crippen LogP contribution < -0.4 is 14.4 Å². The van der Waals surface area contributed by atoms with Crippen LogP contribution in [0.2, 0.25) is 0 Å². The van der Waals surface area contributed by atoms with Crippen LogP contribution >= 0.6 is 0 Å². The van der Waals surface area contributed by atoms with Crippen LogP contribution in [0, 0.1) is 6.92 Å². The highest BCUT2D eigenvalue weighted by Gasteiger charge is 2.34. The molecule has 0 saturated heterocycles. The number of anilines is 1. The summed E-state index contributed by atoms with van der Waals surface area (Å²) in [5, 5.41) is 2.57. The van der Waals surface area contributed by atoms with Crippen molar-refractivity contribution < 1.29 is 35.9 Å². The molecule has 0 bridgehead atoms. The van der Waals surface area contributed by atoms with Crippen LogP contribution in [-0.4, -0.2) is 47.7 Å². The van der Waals surface area contributed by atoms with Crippen molar-refractivity contribution in [3.05, 3.63) is 53.6 Å². The van der Waals surface area contributed by atoms with Crippen molar-refractivity contribution in [2.75, 3.05) is 31.7 Å². The van der Waals surface area contributed by atoms with Gasteiger partial charge in [-0.2, -0.15) is 13.2 Å². The van der Waals surface area contributed by atoms with Gasteiger partial charge >= 0.3 is 6.18 Å². The van der Waals surface area contributed by atoms with E-state index >= 15 is 0 Å². The summed E-state index contributed by atoms with van der Waals surface area (Å²) in [6.45, 7) is 2.74. The number of alkyl halides is 3. The molecule has 0 aliphatic carbocycles. The molecule has 176 valence electrons. The van der Waals surface area contributed by atoms with Gasteiger partial charge in [0, 0.05) is 13.2 Å². The van der Waals surface area contributed by atoms with E-state index < -0.39 is 40.3 Å². The standard InChI is InChI=1S/C21H25F3N2O5S/c1-14-8-9-18(31-4)19(10-14)32(28,29)26(12-20(27)25-15(2)13-30-3)17-7-5-6-16(11-17)21(22,23)24/h5-11,15H,12-13H2,1-4H3,(H,25,27)/t15-/m1/s1. The first-order chi connectivity index (χ1) is 14.9. The fraction of sp³-hybridized carbons (Fsp3) is 0.381. The van der Waals surface area contributed by atoms with Crippen molar-refractivity contribution >= 4 is 21.6 Å². The molecule has 1 amide bonds. The van der Waals surface area contributed by atoms with Crippen LogP contribution in [-0.2, 0) is 25.7 Å². The smallest absolute Gasteiger partial charge is 0.416 e. The van der Waals surface area contributed by atoms with Crippen LogP contribution in [0.3, 0.4) is 0 Å². The van der Waals surface area contributed by atoms with Crippen molar-refractivity contribution in [3.63, 3.8) is 0 Å². The molecule has 2 rings (SSSR count). The van der Waals surface area contributed by atoms with E-state index in [1.165, 1.54) is 32.4 Å². The summed E-state index contributed by atoms with van der Waals surface area (Å²) in [6, 6.07) is 7.75. The number of sulfonamides is 1. The zero-order valence-corrected chi connectivity index (χ0v) is 18.9. The number of amides is 1. The molecule has 2 aromatic carbocycles. The zero-order valence-electron chi connectivity index (χ0n) is 18.1. The highest BCUT2D eigenvalue weighted by atomic mass is 32.2. The van der Waals surface area contributed by atoms with Crippen molar-refractivity contribution in [1.29, 1.82) is 0 Å². The monoisotopic (exact) mass is 474 g/mol. The number of methoxy groups -OCH3 is 2. The molecule has 0 aliphatic heterocycles. The molecular formula is C21H25F3N2O5S. The highest BCUT2D eigenvalue weighted by molar-refractivity contribution is 7.93. The van der Waals surface area contributed by atoms with Crippen molar-refractivity contribution in [3.8, 4) is 5.75 Å². The lowest BCUT2D eigenvalue weighted by Gasteiger charge is -2.26. The fourth-order valence-electron chi connectivity index (χ4n) is 3.00. The number of carbonyl (C=O) groups excluding carboxylic acids is 1. The quantitative estimate of drug-likeness (QED) is 0.603. The molecule has 0 fully saturated rings. The molecule has 0 aromatic heterocycles. The average molecular weight is 475 g/mol. The Morgan fingerprint density at radius 1 is 1.16 bits per heavy atom. The van der Waals surface area contributed by atoms with E-state index in [4.69, 9.17) is 9.47 Å². The largest absolute Gasteiger partial charge is 0.495 e. The maximum absolute atomic E-state index is 13.5. The number of nitrogens with one attached hydrogen (secondary N) is 1. The van der Waals surface area contributed by atoms with Gasteiger partial charge in [0.25, 0.3) is 10.0 Å². The SMILES string of the molecule is COC[C@@H](C)NC(=O)CN(c1cccc(C(F)(F)F)c1)S(=O)(=O)c1cc(C)ccc1OC. The number of hydrogen-bond acceptors (Lipinski definition) is 5. The third-order valence-corrected chi connectivity index (χ3v) is 6.25. The maximum Gasteiger partial charge on any atom is 0.416 e. The predicted molar refractivity (Wildman–Crippen MR) is 113 cm³/mol. The lowest BCUT2D eigenvalue weighted by atomic mass is 10.2. The van der Waals surface area contributed by atoms with Crippen LogP contribution in [0.1, 0.15) is 18.1 Å². The van der Waals surface area contributed by atoms with Gasteiger partial charge in [-0.05, 0) is 49.7 Å². The number of hydrogen-bond donors (Lipinski definition) is 1. The molecular weight excluding hydrogens is 449 g/mol. The van der Waals surface area contributed by atoms with Crippen LogP contribution in [0.25, 0.3) is 0 Å². The van der Waals surface area contributed by atoms with Gasteiger partial charge in [0.2, 0.25) is 5.91 Å². The minimum atomic E-state index is -4.69. The van der Waals surface area contributed by atoms with Crippen LogP contribution in [0.15, 0.2) is 47.4 Å². The van der Waals surface area contributed by atoms with Gasteiger partial charge in [-0.1, -0.05) is 12.1 Å². The number of nitrogens with zero attached hydrogens (tertiary/aromatic N) is 1. The van der Waals surface area contributed by atoms with Gasteiger partial charge in [-0.25, -0.2) is 8.42 Å². The highest BCUT2D eigenvalue weighted by Crippen LogP contribution is 2.35. The number of carbonyl (C=O) groups is 1. The number of halogens is 3. The summed E-state index contributed by atoms with van der Waals surface area (Å²) >= 11 is 0. The van der Waals surface area contributed by atoms with Gasteiger partial charge < -0.3 is 14.8 Å². The van der Waals surface area contributed by atoms with Crippen LogP contribution in [0.5, 0.6) is 5.75 Å². The Bertz CT molecular complexity index is 1060. The first-order valence-corrected chi connectivity index (χ1v) is 11.0. The van der Waals surface area contributed by atoms with Gasteiger partial charge in [-0.15, -0.1) is 0 Å². The third-order valence-electron chi connectivity index (χ3n) is 4.46. The molecule has 0 spiro atoms. The number of aryl methyl sites for hydroxylation is 1. The molecule has 1 N–H and O–H groups in total. The van der Waals surface area contributed by atoms with Crippen molar-refractivity contribution in [2.45, 2.75) is 31.0 Å². The Morgan fingerprint density at radius 3 is 2.44 bits per heavy atom. The summed E-state index contributed by atoms with van der Waals surface area (Å²) in [5.74, 6) is -0.706. The summed E-state index contributed by atoms with van der Waals surface area (Å²) < 4.78 is 77.6. The minimum Gasteiger partial charge on any atom is -0.495 e. The number of ether oxygens (including phenoxy) is 2. The normalized spacial score (nSPS) is 12.8. The van der Waals surface area contributed by atoms with Gasteiger partial charge in [0.05, 0.1) is 25.0 Å². The molecule has 7 nitrogen and oxygen atoms in total. The van der Waals surface area contributed by atoms with E-state index in [-0.39, 0.29) is 22.9 Å². The molecule has 2 aromatic rings. The topological polar surface area (TPSA) is 84.9 Å². The Kier molecular flexibility index (Phi) is 8.13. The predicted octanol–water partition coefficient (Wildman–Crippen LogP) is 3.37. The summed E-state index contributed by atoms with van der Waals surface area (Å²) in [6.07, 6.45) is -4.69. The van der Waals surface area contributed by atoms with Crippen molar-refractivity contribution in [1.82, 2.24) is 5.32 Å². The molecule has 0 radical (unpaired) electrons. The Hall–Kier alpha value is -2.79. The molecule has 32 heavy (non-hydrogen) atoms. The van der Waals surface area contributed by atoms with Crippen molar-refractivity contribution in [2.24, 2.45) is 0 Å². The Balaban J connectivity index is 2.59. The van der Waals surface area contributed by atoms with Gasteiger partial charge in [0.15, 0.2) is 0 Å². The molecule has 0 heterocycles. The lowest BCUT2D eigenvalue weighted by Crippen LogP contribution is -2.44. The molecule has 0 aliphatic rings. The second-order valence-corrected chi connectivity index (χ2v) is 8.97. The second kappa shape index (κ2) is 10.2. The van der Waals surface area contributed by atoms with Gasteiger partial charge in [0.1, 0.15) is 17.2 Å². The molecule has 11 heteroatoms. The Morgan fingerprint density at radius 2 is 1.84 bits per heavy atom. The minimum absolute atomic E-state index is 0.000681. The average Bonchev–Trinajstić information content (AvgIpc) is 2.71. The summed E-state index contributed by atoms with van der Waals surface area (Å²) in [7, 11) is -1.76.